The van der Waals surface area contributed by atoms with Gasteiger partial charge >= 0.3 is 41.8 Å². The Labute approximate surface area is 676 Å². The molecule has 0 unspecified atom stereocenters. The van der Waals surface area contributed by atoms with Gasteiger partial charge in [-0.25, -0.2) is 4.79 Å². The van der Waals surface area contributed by atoms with Crippen molar-refractivity contribution in [2.45, 2.75) is 281 Å². The predicted molar refractivity (Wildman–Crippen MR) is 414 cm³/mol. The Morgan fingerprint density at radius 2 is 0.402 bits per heavy atom. The monoisotopic (exact) mass is 1670 g/mol. The minimum atomic E-state index is -2.48. The van der Waals surface area contributed by atoms with E-state index in [-0.39, 0.29) is 77.5 Å². The van der Waals surface area contributed by atoms with E-state index in [4.69, 9.17) is 28.7 Å². The largest absolute Gasteiger partial charge is 0.481 e. The Bertz CT molecular complexity index is 3370. The van der Waals surface area contributed by atoms with Crippen LogP contribution in [0.1, 0.15) is 197 Å². The molecular formula is C72H124N18O27. The van der Waals surface area contributed by atoms with E-state index >= 15 is 0 Å². The second-order valence-corrected chi connectivity index (χ2v) is 28.7. The van der Waals surface area contributed by atoms with E-state index in [0.29, 0.717) is 51.4 Å². The van der Waals surface area contributed by atoms with Crippen LogP contribution in [-0.4, -0.2) is 265 Å². The molecule has 0 saturated carbocycles. The minimum absolute atomic E-state index is 0.0532. The van der Waals surface area contributed by atoms with Crippen LogP contribution in [0.15, 0.2) is 0 Å². The van der Waals surface area contributed by atoms with E-state index in [0.717, 1.165) is 0 Å². The number of nitrogens with one attached hydrogen (secondary N) is 13. The summed E-state index contributed by atoms with van der Waals surface area (Å²) in [6.45, 7) is 13.9. The zero-order valence-corrected chi connectivity index (χ0v) is 67.5. The van der Waals surface area contributed by atoms with Crippen LogP contribution in [0.4, 0.5) is 0 Å². The highest BCUT2D eigenvalue weighted by Gasteiger charge is 2.42. The van der Waals surface area contributed by atoms with Crippen LogP contribution in [-0.2, 0) is 95.9 Å². The number of carboxylic acids is 7. The van der Waals surface area contributed by atoms with Crippen molar-refractivity contribution >= 4 is 119 Å². The van der Waals surface area contributed by atoms with Crippen molar-refractivity contribution in [3.8, 4) is 0 Å². The van der Waals surface area contributed by atoms with Gasteiger partial charge in [0, 0.05) is 0 Å². The molecule has 18 atom stereocenters. The van der Waals surface area contributed by atoms with Crippen molar-refractivity contribution in [1.29, 1.82) is 0 Å². The number of carboxylic acid groups (broad SMARTS) is 7. The smallest absolute Gasteiger partial charge is 0.326 e. The third-order valence-corrected chi connectivity index (χ3v) is 19.3. The number of hydrogen-bond acceptors (Lipinski definition) is 25. The van der Waals surface area contributed by atoms with Gasteiger partial charge < -0.3 is 134 Å². The first-order valence-electron chi connectivity index (χ1n) is 39.0. The SMILES string of the molecule is CC[C@H](C)[C@H](NC(=O)[C@H](CCCCN)NC(=O)[C@@H](NC(=O)[C@@H](NC(=O)[C@H](CC(=O)O)NC(=O)[C@H](CC(=O)O)NC(=O)[C@H](CC(=O)O)NC(=O)[C@H](CC(=O)O)NC(=O)[C@H](CC(=O)O)NC(=O)[C@H](CC(=O)O)NC(=O)[C@H](CCCCN)NC(=O)[C@@H](N)CCCCN)[C@@H](C)CC)[C@@H](C)CC)C(=O)N[C@H](C(=O)N[C@@H](CCCCN)C(=O)O)[C@@H](C)CC. The molecule has 0 aromatic rings. The predicted octanol–water partition coefficient (Wildman–Crippen LogP) is -5.75. The van der Waals surface area contributed by atoms with Crippen molar-refractivity contribution in [1.82, 2.24) is 69.1 Å². The Balaban J connectivity index is 7.25. The van der Waals surface area contributed by atoms with E-state index in [1.807, 2.05) is 26.6 Å². The normalized spacial score (nSPS) is 15.7. The minimum Gasteiger partial charge on any atom is -0.481 e. The van der Waals surface area contributed by atoms with Crippen molar-refractivity contribution < 1.29 is 132 Å². The summed E-state index contributed by atoms with van der Waals surface area (Å²) in [6.07, 6.45) is -4.60. The molecule has 0 bridgehead atoms. The lowest BCUT2D eigenvalue weighted by Gasteiger charge is -2.32. The van der Waals surface area contributed by atoms with Crippen molar-refractivity contribution in [3.05, 3.63) is 0 Å². The Morgan fingerprint density at radius 3 is 0.624 bits per heavy atom. The summed E-state index contributed by atoms with van der Waals surface area (Å²) < 4.78 is 0. The molecule has 45 heteroatoms. The topological polar surface area (TPSA) is 770 Å². The zero-order valence-electron chi connectivity index (χ0n) is 67.5. The molecule has 0 spiro atoms. The third-order valence-electron chi connectivity index (χ3n) is 19.3. The lowest BCUT2D eigenvalue weighted by Crippen LogP contribution is -2.63. The fraction of sp³-hybridized carbons (Fsp3) is 0.722. The van der Waals surface area contributed by atoms with Crippen LogP contribution in [0.3, 0.4) is 0 Å². The molecule has 45 nitrogen and oxygen atoms in total. The van der Waals surface area contributed by atoms with Crippen LogP contribution in [0.2, 0.25) is 0 Å². The maximum Gasteiger partial charge on any atom is 0.326 e. The van der Waals surface area contributed by atoms with E-state index < -0.39 is 265 Å². The molecule has 30 N–H and O–H groups in total. The highest BCUT2D eigenvalue weighted by Crippen LogP contribution is 2.18. The highest BCUT2D eigenvalue weighted by atomic mass is 16.4. The van der Waals surface area contributed by atoms with Gasteiger partial charge in [-0.3, -0.25) is 91.1 Å². The summed E-state index contributed by atoms with van der Waals surface area (Å²) >= 11 is 0. The van der Waals surface area contributed by atoms with Gasteiger partial charge in [0.05, 0.1) is 44.6 Å². The van der Waals surface area contributed by atoms with Crippen molar-refractivity contribution in [2.24, 2.45) is 52.3 Å². The summed E-state index contributed by atoms with van der Waals surface area (Å²) in [5, 5.41) is 98.4. The molecule has 0 heterocycles. The van der Waals surface area contributed by atoms with Gasteiger partial charge in [0.25, 0.3) is 0 Å². The first kappa shape index (κ1) is 106. The molecule has 0 rings (SSSR count). The van der Waals surface area contributed by atoms with Gasteiger partial charge in [-0.05, 0) is 120 Å². The number of hydrogen-bond donors (Lipinski definition) is 25. The number of carbonyl (C=O) groups is 20. The fourth-order valence-electron chi connectivity index (χ4n) is 11.5. The van der Waals surface area contributed by atoms with Gasteiger partial charge in [0.15, 0.2) is 0 Å². The van der Waals surface area contributed by atoms with E-state index in [9.17, 15) is 132 Å². The zero-order chi connectivity index (χ0) is 89.5. The molecule has 0 aliphatic heterocycles. The molecule has 0 radical (unpaired) electrons. The van der Waals surface area contributed by atoms with E-state index in [1.54, 1.807) is 48.5 Å². The van der Waals surface area contributed by atoms with Gasteiger partial charge in [-0.2, -0.15) is 0 Å². The average molecular weight is 1670 g/mol. The highest BCUT2D eigenvalue weighted by molar-refractivity contribution is 6.03. The third kappa shape index (κ3) is 41.1. The number of amides is 13. The first-order valence-corrected chi connectivity index (χ1v) is 39.0. The van der Waals surface area contributed by atoms with Gasteiger partial charge in [0.1, 0.15) is 78.5 Å². The summed E-state index contributed by atoms with van der Waals surface area (Å²) in [5.41, 5.74) is 28.5. The summed E-state index contributed by atoms with van der Waals surface area (Å²) in [5.74, 6) is -31.7. The first-order chi connectivity index (χ1) is 54.9. The van der Waals surface area contributed by atoms with Crippen molar-refractivity contribution in [2.75, 3.05) is 26.2 Å². The van der Waals surface area contributed by atoms with Gasteiger partial charge in [-0.1, -0.05) is 87.5 Å². The van der Waals surface area contributed by atoms with E-state index in [1.165, 1.54) is 6.92 Å². The van der Waals surface area contributed by atoms with Crippen LogP contribution < -0.4 is 97.8 Å². The maximum atomic E-state index is 14.6. The van der Waals surface area contributed by atoms with Crippen LogP contribution in [0.25, 0.3) is 0 Å². The fourth-order valence-corrected chi connectivity index (χ4v) is 11.5. The summed E-state index contributed by atoms with van der Waals surface area (Å²) in [4.78, 5) is 268. The van der Waals surface area contributed by atoms with Crippen molar-refractivity contribution in [3.63, 3.8) is 0 Å². The molecule has 0 aromatic carbocycles. The van der Waals surface area contributed by atoms with Crippen LogP contribution >= 0.6 is 0 Å². The molecule has 0 aliphatic rings. The number of rotatable bonds is 63. The van der Waals surface area contributed by atoms with Gasteiger partial charge in [0.2, 0.25) is 76.8 Å². The standard InChI is InChI=1S/C72H124N18O27/c1-9-35(5)55(68(112)79-41(23-15-19-27-75)61(105)87-57(37(7)11-3)70(114)90-56(36(6)10-2)69(113)80-42(72(116)117)24-16-20-28-76)89-71(115)58(38(8)12-4)88-67(111)48(34-54(101)102)86-66(110)47(33-53(99)100)85-65(109)46(32-52(97)98)84-64(108)45(31-51(95)96)83-63(107)44(30-50(93)94)82-62(106)43(29-49(91)92)81-60(104)40(22-14-18-26-74)78-59(103)39(77)21-13-17-25-73/h35-48,55-58H,9-34,73-77H2,1-8H3,(H,78,103)(H,79,112)(H,80,113)(H,81,104)(H,82,106)(H,83,107)(H,84,108)(H,85,109)(H,86,110)(H,87,105)(H,88,111)(H,89,115)(H,90,114)(H,91,92)(H,93,94)(H,95,96)(H,97,98)(H,99,100)(H,101,102)(H,116,117)/t35-,36-,37-,38-,39-,40-,41-,42-,43-,44-,45-,46-,47-,48-,55-,56-,57-,58-/m0/s1. The Morgan fingerprint density at radius 1 is 0.231 bits per heavy atom. The summed E-state index contributed by atoms with van der Waals surface area (Å²) in [6, 6.07) is -25.4. The number of unbranched alkanes of at least 4 members (excludes halogenated alkanes) is 4. The Kier molecular flexibility index (Phi) is 51.3. The van der Waals surface area contributed by atoms with Crippen LogP contribution in [0.5, 0.6) is 0 Å². The molecule has 13 amide bonds. The number of carbonyl (C=O) groups excluding carboxylic acids is 13. The average Bonchev–Trinajstić information content (AvgIpc) is 0.832. The maximum absolute atomic E-state index is 14.6. The molecule has 0 aliphatic carbocycles. The lowest BCUT2D eigenvalue weighted by atomic mass is 9.93. The van der Waals surface area contributed by atoms with E-state index in [2.05, 4.69) is 42.5 Å². The molecular weight excluding hydrogens is 1550 g/mol. The number of aliphatic carboxylic acids is 7. The molecule has 0 fully saturated rings. The molecule has 0 saturated heterocycles. The summed E-state index contributed by atoms with van der Waals surface area (Å²) in [7, 11) is 0. The lowest BCUT2D eigenvalue weighted by molar-refractivity contribution is -0.145. The Hall–Kier alpha value is -10.8. The quantitative estimate of drug-likeness (QED) is 0.0252. The molecule has 664 valence electrons. The second-order valence-electron chi connectivity index (χ2n) is 28.7. The van der Waals surface area contributed by atoms with Crippen LogP contribution in [0, 0.1) is 23.7 Å². The number of nitrogens with two attached hydrogens (primary N) is 5. The second kappa shape index (κ2) is 56.5. The molecule has 0 aromatic heterocycles. The molecule has 117 heavy (non-hydrogen) atoms. The van der Waals surface area contributed by atoms with Gasteiger partial charge in [-0.15, -0.1) is 0 Å².